The number of aromatic carboxylic acids is 1. The van der Waals surface area contributed by atoms with Gasteiger partial charge < -0.3 is 20.5 Å². The van der Waals surface area contributed by atoms with E-state index in [1.54, 1.807) is 6.08 Å². The summed E-state index contributed by atoms with van der Waals surface area (Å²) in [5, 5.41) is 14.3. The largest absolute Gasteiger partial charge is 0.496 e. The molecule has 0 aromatic heterocycles. The number of allylic oxidation sites excluding steroid dienone is 1. The van der Waals surface area contributed by atoms with Crippen molar-refractivity contribution < 1.29 is 46.2 Å². The van der Waals surface area contributed by atoms with Crippen molar-refractivity contribution in [1.29, 1.82) is 0 Å². The average Bonchev–Trinajstić information content (AvgIpc) is 3.54. The number of carbonyl (C=O) groups is 3. The molecule has 3 aromatic rings. The minimum absolute atomic E-state index is 0.00610. The summed E-state index contributed by atoms with van der Waals surface area (Å²) in [5.74, 6) is -5.99. The van der Waals surface area contributed by atoms with E-state index in [4.69, 9.17) is 9.84 Å². The van der Waals surface area contributed by atoms with Crippen molar-refractivity contribution in [2.75, 3.05) is 12.4 Å². The lowest BCUT2D eigenvalue weighted by molar-refractivity contribution is -0.137. The number of nitrogens with one attached hydrogen (secondary N) is 2. The number of halogens is 5. The molecule has 5 rings (SSSR count). The predicted octanol–water partition coefficient (Wildman–Crippen LogP) is 5.92. The fourth-order valence-corrected chi connectivity index (χ4v) is 5.57. The summed E-state index contributed by atoms with van der Waals surface area (Å²) in [5.41, 5.74) is -1.38. The molecule has 3 N–H and O–H groups in total. The van der Waals surface area contributed by atoms with Gasteiger partial charge in [0.1, 0.15) is 17.4 Å². The number of rotatable bonds is 7. The molecule has 218 valence electrons. The van der Waals surface area contributed by atoms with Crippen molar-refractivity contribution >= 4 is 23.5 Å². The summed E-state index contributed by atoms with van der Waals surface area (Å²) in [6.45, 7) is 0. The van der Waals surface area contributed by atoms with Crippen LogP contribution >= 0.6 is 0 Å². The topological polar surface area (TPSA) is 105 Å². The number of benzene rings is 3. The zero-order valence-corrected chi connectivity index (χ0v) is 21.8. The smallest absolute Gasteiger partial charge is 0.416 e. The molecule has 2 aliphatic carbocycles. The highest BCUT2D eigenvalue weighted by molar-refractivity contribution is 6.00. The monoisotopic (exact) mass is 586 g/mol. The molecule has 0 spiro atoms. The third-order valence-electron chi connectivity index (χ3n) is 7.53. The molecule has 1 saturated carbocycles. The zero-order valence-electron chi connectivity index (χ0n) is 21.8. The van der Waals surface area contributed by atoms with Crippen LogP contribution in [0.4, 0.5) is 27.6 Å². The van der Waals surface area contributed by atoms with E-state index in [1.807, 2.05) is 6.08 Å². The van der Waals surface area contributed by atoms with Crippen molar-refractivity contribution in [2.24, 2.45) is 17.8 Å². The van der Waals surface area contributed by atoms with Crippen molar-refractivity contribution in [1.82, 2.24) is 5.32 Å². The molecule has 0 radical (unpaired) electrons. The van der Waals surface area contributed by atoms with Crippen molar-refractivity contribution in [2.45, 2.75) is 18.6 Å². The van der Waals surface area contributed by atoms with Crippen molar-refractivity contribution in [3.8, 4) is 16.9 Å². The molecule has 4 atom stereocenters. The minimum Gasteiger partial charge on any atom is -0.496 e. The highest BCUT2D eigenvalue weighted by Gasteiger charge is 2.49. The van der Waals surface area contributed by atoms with Gasteiger partial charge in [-0.3, -0.25) is 9.59 Å². The molecule has 0 saturated heterocycles. The fourth-order valence-electron chi connectivity index (χ4n) is 5.57. The zero-order chi connectivity index (χ0) is 30.3. The lowest BCUT2D eigenvalue weighted by Gasteiger charge is -2.28. The number of fused-ring (bicyclic) bond motifs is 2. The Bertz CT molecular complexity index is 1600. The molecule has 2 aliphatic rings. The van der Waals surface area contributed by atoms with Crippen LogP contribution in [0.5, 0.6) is 5.75 Å². The Morgan fingerprint density at radius 1 is 0.952 bits per heavy atom. The standard InChI is InChI=1S/C30H23F5N2O5/c1-42-24-13-23(32)21(14-2-4-15(5-3-14)29(40)41)12-22(24)27(38)37-26-17-7-6-16(8-17)25(26)28(39)36-20-10-18(30(33,34)35)9-19(31)11-20/h2-7,9-13,16-17,25-26H,8H2,1H3,(H,36,39)(H,37,38)(H,40,41)/t16-,17+,25+,26-/m0/s1. The first-order chi connectivity index (χ1) is 19.8. The summed E-state index contributed by atoms with van der Waals surface area (Å²) >= 11 is 0. The minimum atomic E-state index is -4.82. The van der Waals surface area contributed by atoms with E-state index in [0.29, 0.717) is 24.1 Å². The number of hydrogen-bond donors (Lipinski definition) is 3. The Morgan fingerprint density at radius 3 is 2.29 bits per heavy atom. The van der Waals surface area contributed by atoms with Gasteiger partial charge in [-0.1, -0.05) is 24.3 Å². The number of hydrogen-bond acceptors (Lipinski definition) is 4. The normalized spacial score (nSPS) is 20.8. The molecule has 0 unspecified atom stereocenters. The van der Waals surface area contributed by atoms with E-state index < -0.39 is 53.1 Å². The second kappa shape index (κ2) is 10.9. The summed E-state index contributed by atoms with van der Waals surface area (Å²) in [6.07, 6.45) is -0.692. The average molecular weight is 587 g/mol. The van der Waals surface area contributed by atoms with Gasteiger partial charge in [0.05, 0.1) is 29.7 Å². The molecule has 42 heavy (non-hydrogen) atoms. The Hall–Kier alpha value is -4.74. The van der Waals surface area contributed by atoms with Gasteiger partial charge in [-0.05, 0) is 60.2 Å². The van der Waals surface area contributed by atoms with Gasteiger partial charge in [-0.2, -0.15) is 13.2 Å². The van der Waals surface area contributed by atoms with Crippen LogP contribution in [0.15, 0.2) is 66.7 Å². The predicted molar refractivity (Wildman–Crippen MR) is 141 cm³/mol. The molecule has 2 bridgehead atoms. The van der Waals surface area contributed by atoms with Gasteiger partial charge in [-0.25, -0.2) is 13.6 Å². The van der Waals surface area contributed by atoms with E-state index in [9.17, 15) is 36.3 Å². The lowest BCUT2D eigenvalue weighted by Crippen LogP contribution is -2.47. The fraction of sp³-hybridized carbons (Fsp3) is 0.233. The number of amides is 2. The van der Waals surface area contributed by atoms with Crippen molar-refractivity contribution in [3.63, 3.8) is 0 Å². The first-order valence-corrected chi connectivity index (χ1v) is 12.7. The molecule has 12 heteroatoms. The number of ether oxygens (including phenoxy) is 1. The van der Waals surface area contributed by atoms with Crippen LogP contribution in [-0.4, -0.2) is 36.0 Å². The maximum Gasteiger partial charge on any atom is 0.416 e. The number of carboxylic acids is 1. The highest BCUT2D eigenvalue weighted by Crippen LogP contribution is 2.45. The van der Waals surface area contributed by atoms with Crippen LogP contribution in [0.1, 0.15) is 32.7 Å². The molecule has 0 aliphatic heterocycles. The Morgan fingerprint density at radius 2 is 1.64 bits per heavy atom. The summed E-state index contributed by atoms with van der Waals surface area (Å²) in [4.78, 5) is 37.9. The molecule has 2 amide bonds. The van der Waals surface area contributed by atoms with Gasteiger partial charge in [0.15, 0.2) is 0 Å². The van der Waals surface area contributed by atoms with Gasteiger partial charge >= 0.3 is 12.1 Å². The molecule has 1 fully saturated rings. The van der Waals surface area contributed by atoms with E-state index in [-0.39, 0.29) is 40.0 Å². The second-order valence-electron chi connectivity index (χ2n) is 10.1. The third kappa shape index (κ3) is 5.56. The van der Waals surface area contributed by atoms with Crippen LogP contribution in [0.3, 0.4) is 0 Å². The lowest BCUT2D eigenvalue weighted by atomic mass is 9.87. The number of alkyl halides is 3. The van der Waals surface area contributed by atoms with E-state index in [1.165, 1.54) is 37.4 Å². The van der Waals surface area contributed by atoms with Gasteiger partial charge in [0.25, 0.3) is 5.91 Å². The molecular weight excluding hydrogens is 563 g/mol. The van der Waals surface area contributed by atoms with E-state index in [2.05, 4.69) is 10.6 Å². The Balaban J connectivity index is 1.41. The number of anilines is 1. The van der Waals surface area contributed by atoms with Gasteiger partial charge in [-0.15, -0.1) is 0 Å². The molecule has 7 nitrogen and oxygen atoms in total. The van der Waals surface area contributed by atoms with E-state index >= 15 is 0 Å². The summed E-state index contributed by atoms with van der Waals surface area (Å²) in [6, 6.07) is 8.61. The number of methoxy groups -OCH3 is 1. The SMILES string of the molecule is COc1cc(F)c(-c2ccc(C(=O)O)cc2)cc1C(=O)N[C@@H]1[C@H](C(=O)Nc2cc(F)cc(C(F)(F)F)c2)[C@H]2C=C[C@@H]1C2. The van der Waals surface area contributed by atoms with Crippen molar-refractivity contribution in [3.05, 3.63) is 95.1 Å². The van der Waals surface area contributed by atoms with Gasteiger partial charge in [0, 0.05) is 23.4 Å². The first kappa shape index (κ1) is 28.8. The quantitative estimate of drug-likeness (QED) is 0.236. The maximum absolute atomic E-state index is 15.0. The van der Waals surface area contributed by atoms with E-state index in [0.717, 1.165) is 12.1 Å². The third-order valence-corrected chi connectivity index (χ3v) is 7.53. The van der Waals surface area contributed by atoms with Crippen LogP contribution in [-0.2, 0) is 11.0 Å². The van der Waals surface area contributed by atoms with Crippen LogP contribution in [0, 0.1) is 29.4 Å². The number of carboxylic acid groups (broad SMARTS) is 1. The highest BCUT2D eigenvalue weighted by atomic mass is 19.4. The Labute approximate surface area is 236 Å². The first-order valence-electron chi connectivity index (χ1n) is 12.7. The Kier molecular flexibility index (Phi) is 7.48. The van der Waals surface area contributed by atoms with Crippen LogP contribution in [0.2, 0.25) is 0 Å². The molecule has 0 heterocycles. The van der Waals surface area contributed by atoms with Crippen LogP contribution < -0.4 is 15.4 Å². The second-order valence-corrected chi connectivity index (χ2v) is 10.1. The molecule has 3 aromatic carbocycles. The molecular formula is C30H23F5N2O5. The summed E-state index contributed by atoms with van der Waals surface area (Å²) < 4.78 is 73.6. The maximum atomic E-state index is 15.0. The van der Waals surface area contributed by atoms with Gasteiger partial charge in [0.2, 0.25) is 5.91 Å². The van der Waals surface area contributed by atoms with Crippen LogP contribution in [0.25, 0.3) is 11.1 Å². The number of carbonyl (C=O) groups excluding carboxylic acids is 2. The summed E-state index contributed by atoms with van der Waals surface area (Å²) in [7, 11) is 1.25.